The summed E-state index contributed by atoms with van der Waals surface area (Å²) in [6.07, 6.45) is 5.10. The number of hydrazone groups is 1. The molecule has 2 aliphatic rings. The predicted octanol–water partition coefficient (Wildman–Crippen LogP) is 3.88. The molecule has 25 heavy (non-hydrogen) atoms. The highest BCUT2D eigenvalue weighted by Crippen LogP contribution is 2.28. The molecule has 1 aromatic carbocycles. The highest BCUT2D eigenvalue weighted by Gasteiger charge is 2.40. The molecule has 2 atom stereocenters. The van der Waals surface area contributed by atoms with Gasteiger partial charge in [-0.05, 0) is 43.5 Å². The lowest BCUT2D eigenvalue weighted by Gasteiger charge is -2.26. The fourth-order valence-electron chi connectivity index (χ4n) is 3.77. The minimum atomic E-state index is -0.728. The van der Waals surface area contributed by atoms with Gasteiger partial charge >= 0.3 is 5.97 Å². The zero-order valence-electron chi connectivity index (χ0n) is 14.5. The van der Waals surface area contributed by atoms with Gasteiger partial charge in [0.2, 0.25) is 5.71 Å². The van der Waals surface area contributed by atoms with Gasteiger partial charge in [-0.25, -0.2) is 4.58 Å². The van der Waals surface area contributed by atoms with Crippen LogP contribution in [0.5, 0.6) is 0 Å². The molecule has 1 saturated carbocycles. The second-order valence-corrected chi connectivity index (χ2v) is 7.32. The van der Waals surface area contributed by atoms with Crippen LogP contribution in [0, 0.1) is 11.8 Å². The van der Waals surface area contributed by atoms with Crippen molar-refractivity contribution in [1.82, 2.24) is 0 Å². The average Bonchev–Trinajstić information content (AvgIpc) is 3.14. The first-order valence-electron chi connectivity index (χ1n) is 8.99. The molecule has 1 heterocycles. The first kappa shape index (κ1) is 17.9. The van der Waals surface area contributed by atoms with Crippen LogP contribution in [0.4, 0.5) is 5.69 Å². The number of rotatable bonds is 4. The lowest BCUT2D eigenvalue weighted by Crippen LogP contribution is -2.42. The Labute approximate surface area is 153 Å². The summed E-state index contributed by atoms with van der Waals surface area (Å²) >= 11 is 5.92. The quantitative estimate of drug-likeness (QED) is 0.631. The van der Waals surface area contributed by atoms with E-state index >= 15 is 0 Å². The molecule has 3 rings (SSSR count). The number of carboxylic acid groups (broad SMARTS) is 1. The molecule has 0 radical (unpaired) electrons. The second kappa shape index (κ2) is 8.00. The van der Waals surface area contributed by atoms with Crippen LogP contribution >= 0.6 is 11.6 Å². The van der Waals surface area contributed by atoms with Crippen molar-refractivity contribution in [3.63, 3.8) is 0 Å². The van der Waals surface area contributed by atoms with Crippen LogP contribution in [0.1, 0.15) is 39.0 Å². The van der Waals surface area contributed by atoms with E-state index in [9.17, 15) is 9.90 Å². The van der Waals surface area contributed by atoms with Gasteiger partial charge < -0.3 is 5.11 Å². The molecule has 5 nitrogen and oxygen atoms in total. The van der Waals surface area contributed by atoms with Crippen molar-refractivity contribution in [2.24, 2.45) is 16.9 Å². The van der Waals surface area contributed by atoms with Gasteiger partial charge in [0, 0.05) is 17.9 Å². The van der Waals surface area contributed by atoms with Crippen molar-refractivity contribution in [2.75, 3.05) is 18.5 Å². The van der Waals surface area contributed by atoms with Crippen molar-refractivity contribution in [3.8, 4) is 0 Å². The summed E-state index contributed by atoms with van der Waals surface area (Å²) in [6.45, 7) is 3.81. The molecule has 1 aliphatic heterocycles. The van der Waals surface area contributed by atoms with Crippen molar-refractivity contribution < 1.29 is 14.5 Å². The van der Waals surface area contributed by atoms with E-state index in [2.05, 4.69) is 15.1 Å². The van der Waals surface area contributed by atoms with Crippen LogP contribution in [-0.4, -0.2) is 40.2 Å². The van der Waals surface area contributed by atoms with E-state index in [1.807, 2.05) is 31.2 Å². The summed E-state index contributed by atoms with van der Waals surface area (Å²) in [5.41, 5.74) is 6.14. The average molecular weight is 363 g/mol. The second-order valence-electron chi connectivity index (χ2n) is 6.88. The third kappa shape index (κ3) is 4.21. The Hall–Kier alpha value is -1.88. The topological polar surface area (TPSA) is 64.7 Å². The fraction of sp³-hybridized carbons (Fsp3) is 0.526. The van der Waals surface area contributed by atoms with Crippen molar-refractivity contribution >= 4 is 34.7 Å². The van der Waals surface area contributed by atoms with Crippen LogP contribution in [0.15, 0.2) is 29.4 Å². The first-order valence-corrected chi connectivity index (χ1v) is 9.37. The van der Waals surface area contributed by atoms with Crippen LogP contribution in [-0.2, 0) is 4.79 Å². The van der Waals surface area contributed by atoms with E-state index in [4.69, 9.17) is 11.6 Å². The van der Waals surface area contributed by atoms with Gasteiger partial charge in [-0.2, -0.15) is 5.10 Å². The van der Waals surface area contributed by atoms with E-state index in [0.29, 0.717) is 5.02 Å². The number of carboxylic acids is 1. The minimum absolute atomic E-state index is 0.0371. The van der Waals surface area contributed by atoms with Crippen LogP contribution < -0.4 is 5.43 Å². The van der Waals surface area contributed by atoms with Gasteiger partial charge in [0.15, 0.2) is 0 Å². The SMILES string of the molecule is CC(C(=O)O)C1CCC/C(=N\Nc2ccc(Cl)cc2)C1=[N+]1CCCC1. The molecule has 0 spiro atoms. The number of nitrogens with one attached hydrogen (secondary N) is 1. The highest BCUT2D eigenvalue weighted by atomic mass is 35.5. The Kier molecular flexibility index (Phi) is 5.74. The van der Waals surface area contributed by atoms with Crippen LogP contribution in [0.2, 0.25) is 5.02 Å². The van der Waals surface area contributed by atoms with E-state index in [0.717, 1.165) is 62.3 Å². The van der Waals surface area contributed by atoms with E-state index in [1.54, 1.807) is 0 Å². The summed E-state index contributed by atoms with van der Waals surface area (Å²) < 4.78 is 2.35. The summed E-state index contributed by atoms with van der Waals surface area (Å²) in [7, 11) is 0. The third-order valence-electron chi connectivity index (χ3n) is 5.18. The molecule has 0 bridgehead atoms. The van der Waals surface area contributed by atoms with Gasteiger partial charge in [0.25, 0.3) is 0 Å². The van der Waals surface area contributed by atoms with E-state index in [1.165, 1.54) is 0 Å². The van der Waals surface area contributed by atoms with Gasteiger partial charge in [-0.1, -0.05) is 18.5 Å². The summed E-state index contributed by atoms with van der Waals surface area (Å²) in [5.74, 6) is -1.08. The fourth-order valence-corrected chi connectivity index (χ4v) is 3.90. The molecule has 2 fully saturated rings. The van der Waals surface area contributed by atoms with E-state index < -0.39 is 11.9 Å². The predicted molar refractivity (Wildman–Crippen MR) is 101 cm³/mol. The van der Waals surface area contributed by atoms with Crippen molar-refractivity contribution in [3.05, 3.63) is 29.3 Å². The number of benzene rings is 1. The molecule has 1 aliphatic carbocycles. The van der Waals surface area contributed by atoms with Gasteiger partial charge in [0.1, 0.15) is 18.8 Å². The Balaban J connectivity index is 1.90. The van der Waals surface area contributed by atoms with Gasteiger partial charge in [-0.3, -0.25) is 10.2 Å². The molecule has 134 valence electrons. The molecule has 2 N–H and O–H groups in total. The zero-order chi connectivity index (χ0) is 17.8. The minimum Gasteiger partial charge on any atom is -0.481 e. The zero-order valence-corrected chi connectivity index (χ0v) is 15.3. The number of aliphatic carboxylic acids is 1. The highest BCUT2D eigenvalue weighted by molar-refractivity contribution is 6.42. The van der Waals surface area contributed by atoms with E-state index in [-0.39, 0.29) is 5.92 Å². The molecule has 1 saturated heterocycles. The maximum atomic E-state index is 11.6. The van der Waals surface area contributed by atoms with Gasteiger partial charge in [-0.15, -0.1) is 0 Å². The number of hydrogen-bond donors (Lipinski definition) is 2. The Morgan fingerprint density at radius 1 is 1.28 bits per heavy atom. The first-order chi connectivity index (χ1) is 12.1. The molecule has 0 aromatic heterocycles. The summed E-state index contributed by atoms with van der Waals surface area (Å²) in [6, 6.07) is 7.43. The molecular formula is C19H25ClN3O2+. The Morgan fingerprint density at radius 3 is 2.60 bits per heavy atom. The lowest BCUT2D eigenvalue weighted by atomic mass is 9.78. The lowest BCUT2D eigenvalue weighted by molar-refractivity contribution is -0.507. The maximum Gasteiger partial charge on any atom is 0.307 e. The van der Waals surface area contributed by atoms with Crippen LogP contribution in [0.25, 0.3) is 0 Å². The maximum absolute atomic E-state index is 11.6. The smallest absolute Gasteiger partial charge is 0.307 e. The third-order valence-corrected chi connectivity index (χ3v) is 5.43. The summed E-state index contributed by atoms with van der Waals surface area (Å²) in [5, 5.41) is 14.9. The molecule has 6 heteroatoms. The molecule has 0 amide bonds. The number of carbonyl (C=O) groups is 1. The van der Waals surface area contributed by atoms with Gasteiger partial charge in [0.05, 0.1) is 17.5 Å². The standard InChI is InChI=1S/C19H24ClN3O2/c1-13(19(24)25)16-5-4-6-17(18(16)23-11-2-3-12-23)22-21-15-9-7-14(20)8-10-15/h7-10,13,16H,2-6,11-12H2,1H3,(H,24,25)/p+1. The summed E-state index contributed by atoms with van der Waals surface area (Å²) in [4.78, 5) is 11.6. The number of halogens is 1. The van der Waals surface area contributed by atoms with Crippen molar-refractivity contribution in [2.45, 2.75) is 39.0 Å². The Bertz CT molecular complexity index is 689. The largest absolute Gasteiger partial charge is 0.481 e. The monoisotopic (exact) mass is 362 g/mol. The number of nitrogens with zero attached hydrogens (tertiary/aromatic N) is 2. The van der Waals surface area contributed by atoms with Crippen molar-refractivity contribution in [1.29, 1.82) is 0 Å². The van der Waals surface area contributed by atoms with Crippen LogP contribution in [0.3, 0.4) is 0 Å². The number of anilines is 1. The number of hydrogen-bond acceptors (Lipinski definition) is 3. The molecule has 1 aromatic rings. The normalized spacial score (nSPS) is 23.8. The molecular weight excluding hydrogens is 338 g/mol. The Morgan fingerprint density at radius 2 is 1.96 bits per heavy atom. The molecule has 2 unspecified atom stereocenters.